The number of likely N-dealkylation sites (tertiary alicyclic amines) is 1. The summed E-state index contributed by atoms with van der Waals surface area (Å²) in [5.74, 6) is 2.98. The first-order valence-corrected chi connectivity index (χ1v) is 8.37. The van der Waals surface area contributed by atoms with Crippen LogP contribution in [0.4, 0.5) is 0 Å². The Labute approximate surface area is 120 Å². The van der Waals surface area contributed by atoms with E-state index in [1.807, 2.05) is 11.8 Å². The summed E-state index contributed by atoms with van der Waals surface area (Å²) < 4.78 is 5.41. The molecule has 2 heterocycles. The lowest BCUT2D eigenvalue weighted by molar-refractivity contribution is 0.139. The maximum absolute atomic E-state index is 5.41. The predicted molar refractivity (Wildman–Crippen MR) is 81.3 cm³/mol. The molecule has 0 unspecified atom stereocenters. The Morgan fingerprint density at radius 2 is 2.32 bits per heavy atom. The molecule has 104 valence electrons. The molecule has 2 atom stereocenters. The summed E-state index contributed by atoms with van der Waals surface area (Å²) in [5.41, 5.74) is 1.53. The van der Waals surface area contributed by atoms with Crippen LogP contribution >= 0.6 is 11.8 Å². The molecular weight excluding hydrogens is 254 g/mol. The summed E-state index contributed by atoms with van der Waals surface area (Å²) in [6, 6.07) is 7.35. The van der Waals surface area contributed by atoms with Gasteiger partial charge in [0.2, 0.25) is 0 Å². The Kier molecular flexibility index (Phi) is 4.04. The van der Waals surface area contributed by atoms with Gasteiger partial charge in [0.15, 0.2) is 0 Å². The number of hydrogen-bond donors (Lipinski definition) is 0. The molecule has 0 spiro atoms. The number of nitrogens with zero attached hydrogens (tertiary/aromatic N) is 1. The molecule has 1 saturated heterocycles. The normalized spacial score (nSPS) is 26.6. The van der Waals surface area contributed by atoms with Gasteiger partial charge in [-0.3, -0.25) is 4.90 Å². The van der Waals surface area contributed by atoms with Crippen molar-refractivity contribution in [2.24, 2.45) is 0 Å². The van der Waals surface area contributed by atoms with E-state index in [2.05, 4.69) is 30.0 Å². The molecule has 3 heteroatoms. The zero-order valence-corrected chi connectivity index (χ0v) is 12.7. The first kappa shape index (κ1) is 13.3. The van der Waals surface area contributed by atoms with Crippen molar-refractivity contribution in [2.75, 3.05) is 26.0 Å². The Balaban J connectivity index is 1.90. The minimum atomic E-state index is 0.714. The van der Waals surface area contributed by atoms with Crippen LogP contribution in [0, 0.1) is 0 Å². The fourth-order valence-corrected chi connectivity index (χ4v) is 4.86. The van der Waals surface area contributed by atoms with E-state index < -0.39 is 0 Å². The van der Waals surface area contributed by atoms with Crippen molar-refractivity contribution < 1.29 is 4.74 Å². The van der Waals surface area contributed by atoms with E-state index in [0.29, 0.717) is 5.92 Å². The lowest BCUT2D eigenvalue weighted by Crippen LogP contribution is -2.47. The molecule has 0 radical (unpaired) electrons. The Morgan fingerprint density at radius 1 is 1.42 bits per heavy atom. The molecular formula is C16H23NOS. The van der Waals surface area contributed by atoms with Gasteiger partial charge in [-0.05, 0) is 56.1 Å². The van der Waals surface area contributed by atoms with Gasteiger partial charge in [0, 0.05) is 22.6 Å². The molecule has 0 saturated carbocycles. The van der Waals surface area contributed by atoms with Gasteiger partial charge in [0.05, 0.1) is 7.11 Å². The number of fused-ring (bicyclic) bond motifs is 3. The number of benzene rings is 1. The van der Waals surface area contributed by atoms with Crippen molar-refractivity contribution in [1.82, 2.24) is 4.90 Å². The minimum absolute atomic E-state index is 0.714. The van der Waals surface area contributed by atoms with Gasteiger partial charge in [0.25, 0.3) is 0 Å². The molecule has 1 aromatic rings. The van der Waals surface area contributed by atoms with Gasteiger partial charge >= 0.3 is 0 Å². The number of thioether (sulfide) groups is 1. The minimum Gasteiger partial charge on any atom is -0.497 e. The average Bonchev–Trinajstić information content (AvgIpc) is 2.47. The van der Waals surface area contributed by atoms with Crippen LogP contribution in [0.15, 0.2) is 23.1 Å². The summed E-state index contributed by atoms with van der Waals surface area (Å²) in [7, 11) is 1.76. The number of piperidine rings is 1. The smallest absolute Gasteiger partial charge is 0.119 e. The van der Waals surface area contributed by atoms with Crippen molar-refractivity contribution in [2.45, 2.75) is 43.0 Å². The van der Waals surface area contributed by atoms with Crippen LogP contribution in [0.1, 0.15) is 37.7 Å². The molecule has 0 bridgehead atoms. The highest BCUT2D eigenvalue weighted by atomic mass is 32.2. The van der Waals surface area contributed by atoms with Crippen molar-refractivity contribution in [1.29, 1.82) is 0 Å². The number of ether oxygens (including phenoxy) is 1. The molecule has 0 amide bonds. The Bertz CT molecular complexity index is 446. The second kappa shape index (κ2) is 5.76. The van der Waals surface area contributed by atoms with Crippen LogP contribution < -0.4 is 4.74 Å². The topological polar surface area (TPSA) is 12.5 Å². The van der Waals surface area contributed by atoms with Crippen LogP contribution in [0.3, 0.4) is 0 Å². The highest BCUT2D eigenvalue weighted by Crippen LogP contribution is 2.45. The van der Waals surface area contributed by atoms with Crippen LogP contribution in [-0.4, -0.2) is 36.9 Å². The van der Waals surface area contributed by atoms with Crippen LogP contribution in [-0.2, 0) is 0 Å². The van der Waals surface area contributed by atoms with Crippen LogP contribution in [0.2, 0.25) is 0 Å². The van der Waals surface area contributed by atoms with E-state index in [9.17, 15) is 0 Å². The monoisotopic (exact) mass is 277 g/mol. The summed E-state index contributed by atoms with van der Waals surface area (Å²) in [5, 5.41) is 0. The van der Waals surface area contributed by atoms with E-state index in [1.165, 1.54) is 48.6 Å². The SMILES string of the molecule is CCCN1CCC[C@@H]2c3cc(OC)ccc3SC[C@H]21. The van der Waals surface area contributed by atoms with Crippen molar-refractivity contribution in [3.63, 3.8) is 0 Å². The maximum atomic E-state index is 5.41. The molecule has 3 rings (SSSR count). The molecule has 0 aliphatic carbocycles. The van der Waals surface area contributed by atoms with Gasteiger partial charge in [-0.2, -0.15) is 0 Å². The van der Waals surface area contributed by atoms with Gasteiger partial charge in [-0.1, -0.05) is 6.92 Å². The zero-order chi connectivity index (χ0) is 13.2. The Hall–Kier alpha value is -0.670. The molecule has 0 aromatic heterocycles. The maximum Gasteiger partial charge on any atom is 0.119 e. The molecule has 2 aliphatic rings. The highest BCUT2D eigenvalue weighted by Gasteiger charge is 2.36. The predicted octanol–water partition coefficient (Wildman–Crippen LogP) is 3.76. The summed E-state index contributed by atoms with van der Waals surface area (Å²) in [6.07, 6.45) is 3.94. The number of hydrogen-bond acceptors (Lipinski definition) is 3. The van der Waals surface area contributed by atoms with Crippen LogP contribution in [0.5, 0.6) is 5.75 Å². The number of methoxy groups -OCH3 is 1. The van der Waals surface area contributed by atoms with Crippen molar-refractivity contribution >= 4 is 11.8 Å². The zero-order valence-electron chi connectivity index (χ0n) is 11.9. The second-order valence-electron chi connectivity index (χ2n) is 5.57. The third-order valence-corrected chi connectivity index (χ3v) is 5.62. The Morgan fingerprint density at radius 3 is 3.11 bits per heavy atom. The third kappa shape index (κ3) is 2.50. The van der Waals surface area contributed by atoms with Gasteiger partial charge in [-0.15, -0.1) is 11.8 Å². The first-order chi connectivity index (χ1) is 9.33. The quantitative estimate of drug-likeness (QED) is 0.834. The van der Waals surface area contributed by atoms with Gasteiger partial charge in [0.1, 0.15) is 5.75 Å². The van der Waals surface area contributed by atoms with E-state index in [0.717, 1.165) is 11.8 Å². The molecule has 2 aliphatic heterocycles. The summed E-state index contributed by atoms with van der Waals surface area (Å²) in [4.78, 5) is 4.18. The van der Waals surface area contributed by atoms with Crippen molar-refractivity contribution in [3.8, 4) is 5.75 Å². The van der Waals surface area contributed by atoms with Gasteiger partial charge in [-0.25, -0.2) is 0 Å². The standard InChI is InChI=1S/C16H23NOS/c1-3-8-17-9-4-5-13-14-10-12(18-2)6-7-16(14)19-11-15(13)17/h6-7,10,13,15H,3-5,8-9,11H2,1-2H3/t13-,15-/m1/s1. The molecule has 1 fully saturated rings. The molecule has 2 nitrogen and oxygen atoms in total. The average molecular weight is 277 g/mol. The summed E-state index contributed by atoms with van der Waals surface area (Å²) in [6.45, 7) is 4.83. The lowest BCUT2D eigenvalue weighted by atomic mass is 9.83. The van der Waals surface area contributed by atoms with Gasteiger partial charge < -0.3 is 4.74 Å². The first-order valence-electron chi connectivity index (χ1n) is 7.38. The second-order valence-corrected chi connectivity index (χ2v) is 6.63. The van der Waals surface area contributed by atoms with E-state index >= 15 is 0 Å². The molecule has 0 N–H and O–H groups in total. The molecule has 1 aromatic carbocycles. The van der Waals surface area contributed by atoms with E-state index in [4.69, 9.17) is 4.74 Å². The van der Waals surface area contributed by atoms with Crippen LogP contribution in [0.25, 0.3) is 0 Å². The fourth-order valence-electron chi connectivity index (χ4n) is 3.53. The fraction of sp³-hybridized carbons (Fsp3) is 0.625. The lowest BCUT2D eigenvalue weighted by Gasteiger charge is -2.44. The largest absolute Gasteiger partial charge is 0.497 e. The number of rotatable bonds is 3. The van der Waals surface area contributed by atoms with E-state index in [-0.39, 0.29) is 0 Å². The third-order valence-electron chi connectivity index (χ3n) is 4.43. The summed E-state index contributed by atoms with van der Waals surface area (Å²) >= 11 is 2.03. The van der Waals surface area contributed by atoms with E-state index in [1.54, 1.807) is 7.11 Å². The highest BCUT2D eigenvalue weighted by molar-refractivity contribution is 7.99. The molecule has 19 heavy (non-hydrogen) atoms. The van der Waals surface area contributed by atoms with Crippen molar-refractivity contribution in [3.05, 3.63) is 23.8 Å².